The fraction of sp³-hybridized carbons (Fsp3) is 0.450. The van der Waals surface area contributed by atoms with Gasteiger partial charge in [0.25, 0.3) is 0 Å². The van der Waals surface area contributed by atoms with Crippen molar-refractivity contribution < 1.29 is 5.11 Å². The van der Waals surface area contributed by atoms with Gasteiger partial charge in [-0.25, -0.2) is 0 Å². The Bertz CT molecular complexity index is 737. The second kappa shape index (κ2) is 9.97. The van der Waals surface area contributed by atoms with Crippen molar-refractivity contribution in [3.63, 3.8) is 0 Å². The molecule has 1 aliphatic heterocycles. The summed E-state index contributed by atoms with van der Waals surface area (Å²) in [6.45, 7) is 6.14. The first-order chi connectivity index (χ1) is 13.2. The number of nitrogens with one attached hydrogen (secondary N) is 2. The molecule has 3 N–H and O–H groups in total. The number of hydrogen-bond acceptors (Lipinski definition) is 4. The maximum atomic E-state index is 10.3. The van der Waals surface area contributed by atoms with E-state index in [2.05, 4.69) is 50.9 Å². The first kappa shape index (κ1) is 20.0. The third-order valence-electron chi connectivity index (χ3n) is 4.65. The Hall–Kier alpha value is -1.76. The Kier molecular flexibility index (Phi) is 7.38. The van der Waals surface area contributed by atoms with Crippen molar-refractivity contribution in [3.8, 4) is 0 Å². The number of para-hydroxylation sites is 1. The number of guanidine groups is 1. The summed E-state index contributed by atoms with van der Waals surface area (Å²) in [7, 11) is 0. The summed E-state index contributed by atoms with van der Waals surface area (Å²) in [4.78, 5) is 7.80. The van der Waals surface area contributed by atoms with Crippen LogP contribution in [0.15, 0.2) is 47.5 Å². The van der Waals surface area contributed by atoms with Crippen LogP contribution in [0.5, 0.6) is 0 Å². The van der Waals surface area contributed by atoms with E-state index in [0.29, 0.717) is 16.8 Å². The fourth-order valence-corrected chi connectivity index (χ4v) is 4.27. The fourth-order valence-electron chi connectivity index (χ4n) is 3.23. The van der Waals surface area contributed by atoms with E-state index >= 15 is 0 Å². The standard InChI is InChI=1S/C20H27ClN4OS/c1-2-22-20(24-13-17(26)18-8-9-19(21)27-18)23-12-15-10-11-25(14-15)16-6-4-3-5-7-16/h3-9,15,17,26H,2,10-14H2,1H3,(H2,22,23,24). The van der Waals surface area contributed by atoms with Gasteiger partial charge in [0.1, 0.15) is 6.10 Å². The van der Waals surface area contributed by atoms with Gasteiger partial charge in [-0.2, -0.15) is 0 Å². The van der Waals surface area contributed by atoms with Gasteiger partial charge in [-0.1, -0.05) is 29.8 Å². The van der Waals surface area contributed by atoms with Gasteiger partial charge in [0.05, 0.1) is 10.9 Å². The highest BCUT2D eigenvalue weighted by molar-refractivity contribution is 7.16. The number of aliphatic hydroxyl groups is 1. The number of benzene rings is 1. The summed E-state index contributed by atoms with van der Waals surface area (Å²) >= 11 is 7.33. The van der Waals surface area contributed by atoms with Crippen LogP contribution in [-0.4, -0.2) is 43.8 Å². The van der Waals surface area contributed by atoms with E-state index in [1.165, 1.54) is 17.0 Å². The molecule has 2 aromatic rings. The Morgan fingerprint density at radius 2 is 2.11 bits per heavy atom. The van der Waals surface area contributed by atoms with E-state index in [9.17, 15) is 5.11 Å². The molecule has 27 heavy (non-hydrogen) atoms. The topological polar surface area (TPSA) is 59.9 Å². The zero-order valence-corrected chi connectivity index (χ0v) is 17.1. The highest BCUT2D eigenvalue weighted by Gasteiger charge is 2.22. The maximum Gasteiger partial charge on any atom is 0.191 e. The number of halogens is 1. The number of nitrogens with zero attached hydrogens (tertiary/aromatic N) is 2. The van der Waals surface area contributed by atoms with Crippen molar-refractivity contribution in [1.29, 1.82) is 0 Å². The molecule has 5 nitrogen and oxygen atoms in total. The first-order valence-electron chi connectivity index (χ1n) is 9.41. The van der Waals surface area contributed by atoms with Gasteiger partial charge in [-0.15, -0.1) is 11.3 Å². The van der Waals surface area contributed by atoms with Crippen LogP contribution in [0.2, 0.25) is 4.34 Å². The predicted octanol–water partition coefficient (Wildman–Crippen LogP) is 3.52. The Morgan fingerprint density at radius 1 is 1.30 bits per heavy atom. The summed E-state index contributed by atoms with van der Waals surface area (Å²) < 4.78 is 0.683. The average molecular weight is 407 g/mol. The minimum Gasteiger partial charge on any atom is -0.386 e. The minimum absolute atomic E-state index is 0.312. The van der Waals surface area contributed by atoms with Crippen LogP contribution in [0.3, 0.4) is 0 Å². The molecule has 0 radical (unpaired) electrons. The lowest BCUT2D eigenvalue weighted by molar-refractivity contribution is 0.191. The molecule has 2 unspecified atom stereocenters. The van der Waals surface area contributed by atoms with Gasteiger partial charge < -0.3 is 20.6 Å². The Morgan fingerprint density at radius 3 is 2.81 bits per heavy atom. The second-order valence-corrected chi connectivity index (χ2v) is 8.44. The van der Waals surface area contributed by atoms with Crippen LogP contribution < -0.4 is 15.5 Å². The largest absolute Gasteiger partial charge is 0.386 e. The molecular weight excluding hydrogens is 380 g/mol. The molecule has 1 aromatic heterocycles. The quantitative estimate of drug-likeness (QED) is 0.486. The highest BCUT2D eigenvalue weighted by atomic mass is 35.5. The Labute approximate surface area is 170 Å². The molecule has 0 bridgehead atoms. The lowest BCUT2D eigenvalue weighted by Crippen LogP contribution is -2.40. The van der Waals surface area contributed by atoms with Crippen LogP contribution in [0.1, 0.15) is 24.3 Å². The van der Waals surface area contributed by atoms with E-state index in [0.717, 1.165) is 43.4 Å². The van der Waals surface area contributed by atoms with E-state index in [-0.39, 0.29) is 0 Å². The minimum atomic E-state index is -0.627. The normalized spacial score (nSPS) is 18.6. The summed E-state index contributed by atoms with van der Waals surface area (Å²) in [5, 5.41) is 17.0. The zero-order valence-electron chi connectivity index (χ0n) is 15.6. The average Bonchev–Trinajstić information content (AvgIpc) is 3.33. The molecule has 0 aliphatic carbocycles. The van der Waals surface area contributed by atoms with Crippen molar-refractivity contribution in [2.75, 3.05) is 37.6 Å². The summed E-state index contributed by atoms with van der Waals surface area (Å²) in [5.74, 6) is 1.33. The third-order valence-corrected chi connectivity index (χ3v) is 5.99. The first-order valence-corrected chi connectivity index (χ1v) is 10.6. The van der Waals surface area contributed by atoms with E-state index in [1.807, 2.05) is 13.0 Å². The molecular formula is C20H27ClN4OS. The van der Waals surface area contributed by atoms with Gasteiger partial charge >= 0.3 is 0 Å². The van der Waals surface area contributed by atoms with E-state index in [4.69, 9.17) is 11.6 Å². The molecule has 7 heteroatoms. The highest BCUT2D eigenvalue weighted by Crippen LogP contribution is 2.27. The van der Waals surface area contributed by atoms with Crippen molar-refractivity contribution in [3.05, 3.63) is 51.7 Å². The summed E-state index contributed by atoms with van der Waals surface area (Å²) in [6, 6.07) is 14.2. The van der Waals surface area contributed by atoms with Crippen molar-refractivity contribution >= 4 is 34.6 Å². The van der Waals surface area contributed by atoms with Gasteiger partial charge in [0.15, 0.2) is 5.96 Å². The lowest BCUT2D eigenvalue weighted by atomic mass is 10.1. The number of rotatable bonds is 7. The van der Waals surface area contributed by atoms with Crippen LogP contribution >= 0.6 is 22.9 Å². The Balaban J connectivity index is 1.49. The molecule has 3 rings (SSSR count). The van der Waals surface area contributed by atoms with Gasteiger partial charge in [-0.05, 0) is 43.5 Å². The summed E-state index contributed by atoms with van der Waals surface area (Å²) in [6.07, 6.45) is 0.537. The van der Waals surface area contributed by atoms with Crippen molar-refractivity contribution in [2.24, 2.45) is 10.9 Å². The third kappa shape index (κ3) is 5.86. The number of aliphatic hydroxyl groups excluding tert-OH is 1. The summed E-state index contributed by atoms with van der Waals surface area (Å²) in [5.41, 5.74) is 1.29. The van der Waals surface area contributed by atoms with Gasteiger partial charge in [0.2, 0.25) is 0 Å². The SMILES string of the molecule is CCNC(=NCC(O)c1ccc(Cl)s1)NCC1CCN(c2ccccc2)C1. The smallest absolute Gasteiger partial charge is 0.191 e. The van der Waals surface area contributed by atoms with Crippen molar-refractivity contribution in [1.82, 2.24) is 10.6 Å². The molecule has 0 amide bonds. The molecule has 2 heterocycles. The molecule has 1 saturated heterocycles. The van der Waals surface area contributed by atoms with Crippen LogP contribution in [0, 0.1) is 5.92 Å². The van der Waals surface area contributed by atoms with Gasteiger partial charge in [0, 0.05) is 36.7 Å². The molecule has 1 fully saturated rings. The van der Waals surface area contributed by atoms with Crippen molar-refractivity contribution in [2.45, 2.75) is 19.4 Å². The number of hydrogen-bond donors (Lipinski definition) is 3. The zero-order chi connectivity index (χ0) is 19.1. The lowest BCUT2D eigenvalue weighted by Gasteiger charge is -2.19. The van der Waals surface area contributed by atoms with E-state index < -0.39 is 6.10 Å². The predicted molar refractivity (Wildman–Crippen MR) is 115 cm³/mol. The van der Waals surface area contributed by atoms with Crippen LogP contribution in [-0.2, 0) is 0 Å². The van der Waals surface area contributed by atoms with E-state index in [1.54, 1.807) is 6.07 Å². The van der Waals surface area contributed by atoms with Crippen LogP contribution in [0.4, 0.5) is 5.69 Å². The van der Waals surface area contributed by atoms with Gasteiger partial charge in [-0.3, -0.25) is 4.99 Å². The number of thiophene rings is 1. The molecule has 0 saturated carbocycles. The molecule has 2 atom stereocenters. The molecule has 0 spiro atoms. The molecule has 146 valence electrons. The molecule has 1 aromatic carbocycles. The maximum absolute atomic E-state index is 10.3. The molecule has 1 aliphatic rings. The monoisotopic (exact) mass is 406 g/mol. The van der Waals surface area contributed by atoms with Crippen LogP contribution in [0.25, 0.3) is 0 Å². The number of anilines is 1. The number of aliphatic imine (C=N–C) groups is 1. The second-order valence-electron chi connectivity index (χ2n) is 6.69.